The van der Waals surface area contributed by atoms with E-state index in [2.05, 4.69) is 0 Å². The summed E-state index contributed by atoms with van der Waals surface area (Å²) in [5.41, 5.74) is 2.01. The molecule has 0 heterocycles. The summed E-state index contributed by atoms with van der Waals surface area (Å²) in [7, 11) is -1.94. The highest BCUT2D eigenvalue weighted by atomic mass is 32.2. The van der Waals surface area contributed by atoms with Crippen LogP contribution in [0.25, 0.3) is 0 Å². The van der Waals surface area contributed by atoms with Crippen molar-refractivity contribution >= 4 is 9.84 Å². The van der Waals surface area contributed by atoms with E-state index in [1.54, 1.807) is 19.2 Å². The van der Waals surface area contributed by atoms with Crippen LogP contribution < -0.4 is 0 Å². The Labute approximate surface area is 156 Å². The second kappa shape index (κ2) is 10.3. The molecule has 26 heavy (non-hydrogen) atoms. The zero-order chi connectivity index (χ0) is 18.8. The van der Waals surface area contributed by atoms with E-state index >= 15 is 0 Å². The summed E-state index contributed by atoms with van der Waals surface area (Å²) >= 11 is 0. The second-order valence-corrected chi connectivity index (χ2v) is 8.11. The molecule has 0 radical (unpaired) electrons. The number of rotatable bonds is 10. The molecular weight excluding hydrogens is 348 g/mol. The Morgan fingerprint density at radius 1 is 1.04 bits per heavy atom. The maximum atomic E-state index is 13.1. The molecule has 5 heteroatoms. The normalized spacial score (nSPS) is 12.3. The van der Waals surface area contributed by atoms with E-state index in [1.807, 2.05) is 55.5 Å². The van der Waals surface area contributed by atoms with Crippen LogP contribution in [-0.4, -0.2) is 28.9 Å². The molecular formula is C21H26O4S. The Bertz CT molecular complexity index is 794. The van der Waals surface area contributed by atoms with Crippen LogP contribution in [0.5, 0.6) is 0 Å². The first-order valence-corrected chi connectivity index (χ1v) is 10.1. The van der Waals surface area contributed by atoms with Crippen molar-refractivity contribution in [2.75, 3.05) is 20.5 Å². The summed E-state index contributed by atoms with van der Waals surface area (Å²) < 4.78 is 36.3. The summed E-state index contributed by atoms with van der Waals surface area (Å²) in [6.07, 6.45) is 3.58. The lowest BCUT2D eigenvalue weighted by Gasteiger charge is -2.11. The van der Waals surface area contributed by atoms with E-state index in [0.717, 1.165) is 17.5 Å². The highest BCUT2D eigenvalue weighted by Gasteiger charge is 2.20. The Kier molecular flexibility index (Phi) is 8.04. The van der Waals surface area contributed by atoms with Gasteiger partial charge in [0.25, 0.3) is 0 Å². The van der Waals surface area contributed by atoms with Crippen molar-refractivity contribution < 1.29 is 17.9 Å². The topological polar surface area (TPSA) is 52.6 Å². The van der Waals surface area contributed by atoms with Gasteiger partial charge in [-0.15, -0.1) is 0 Å². The van der Waals surface area contributed by atoms with Crippen LogP contribution in [0.1, 0.15) is 24.0 Å². The zero-order valence-corrected chi connectivity index (χ0v) is 16.2. The van der Waals surface area contributed by atoms with Gasteiger partial charge >= 0.3 is 0 Å². The molecule has 140 valence electrons. The number of methoxy groups -OCH3 is 1. The Balaban J connectivity index is 2.20. The van der Waals surface area contributed by atoms with Gasteiger partial charge in [-0.1, -0.05) is 54.1 Å². The van der Waals surface area contributed by atoms with Gasteiger partial charge in [-0.3, -0.25) is 0 Å². The molecule has 0 atom stereocenters. The molecule has 0 aliphatic heterocycles. The fraction of sp³-hybridized carbons (Fsp3) is 0.333. The Hall–Kier alpha value is -1.95. The molecule has 2 aromatic carbocycles. The predicted molar refractivity (Wildman–Crippen MR) is 104 cm³/mol. The molecule has 0 bridgehead atoms. The molecule has 2 rings (SSSR count). The monoisotopic (exact) mass is 374 g/mol. The van der Waals surface area contributed by atoms with Gasteiger partial charge in [0.1, 0.15) is 6.79 Å². The molecule has 0 aliphatic carbocycles. The van der Waals surface area contributed by atoms with E-state index in [0.29, 0.717) is 29.2 Å². The lowest BCUT2D eigenvalue weighted by molar-refractivity contribution is -0.0308. The molecule has 0 N–H and O–H groups in total. The van der Waals surface area contributed by atoms with Crippen molar-refractivity contribution in [1.82, 2.24) is 0 Å². The first kappa shape index (κ1) is 20.4. The van der Waals surface area contributed by atoms with Crippen molar-refractivity contribution in [3.8, 4) is 0 Å². The fourth-order valence-corrected chi connectivity index (χ4v) is 4.02. The standard InChI is InChI=1S/C21H26O4S/c1-18-11-13-20(14-12-18)26(22,23)21(10-6-7-15-25-17-24-2)16-19-8-4-3-5-9-19/h3-5,8-14H,6-7,15-17H2,1-2H3/b21-10+. The van der Waals surface area contributed by atoms with Gasteiger partial charge in [0.15, 0.2) is 0 Å². The second-order valence-electron chi connectivity index (χ2n) is 6.11. The van der Waals surface area contributed by atoms with E-state index in [4.69, 9.17) is 9.47 Å². The van der Waals surface area contributed by atoms with Crippen molar-refractivity contribution in [3.05, 3.63) is 76.7 Å². The van der Waals surface area contributed by atoms with Crippen LogP contribution in [0.15, 0.2) is 70.5 Å². The highest BCUT2D eigenvalue weighted by molar-refractivity contribution is 7.95. The lowest BCUT2D eigenvalue weighted by atomic mass is 10.1. The van der Waals surface area contributed by atoms with E-state index in [1.165, 1.54) is 0 Å². The number of sulfone groups is 1. The molecule has 0 saturated carbocycles. The maximum absolute atomic E-state index is 13.1. The lowest BCUT2D eigenvalue weighted by Crippen LogP contribution is -2.08. The van der Waals surface area contributed by atoms with Crippen molar-refractivity contribution in [2.24, 2.45) is 0 Å². The first-order valence-electron chi connectivity index (χ1n) is 8.65. The number of benzene rings is 2. The van der Waals surface area contributed by atoms with Crippen molar-refractivity contribution in [1.29, 1.82) is 0 Å². The number of aryl methyl sites for hydroxylation is 1. The van der Waals surface area contributed by atoms with Crippen LogP contribution in [0.3, 0.4) is 0 Å². The average molecular weight is 375 g/mol. The van der Waals surface area contributed by atoms with Crippen LogP contribution in [0, 0.1) is 6.92 Å². The van der Waals surface area contributed by atoms with Crippen LogP contribution in [-0.2, 0) is 25.7 Å². The molecule has 2 aromatic rings. The van der Waals surface area contributed by atoms with Crippen LogP contribution >= 0.6 is 0 Å². The van der Waals surface area contributed by atoms with Gasteiger partial charge in [0.05, 0.1) is 4.90 Å². The quantitative estimate of drug-likeness (QED) is 0.460. The largest absolute Gasteiger partial charge is 0.359 e. The van der Waals surface area contributed by atoms with Gasteiger partial charge in [-0.05, 0) is 37.5 Å². The third-order valence-corrected chi connectivity index (χ3v) is 5.86. The van der Waals surface area contributed by atoms with Crippen molar-refractivity contribution in [3.63, 3.8) is 0 Å². The van der Waals surface area contributed by atoms with Gasteiger partial charge < -0.3 is 9.47 Å². The van der Waals surface area contributed by atoms with E-state index in [9.17, 15) is 8.42 Å². The minimum Gasteiger partial charge on any atom is -0.359 e. The van der Waals surface area contributed by atoms with E-state index < -0.39 is 9.84 Å². The summed E-state index contributed by atoms with van der Waals surface area (Å²) in [5.74, 6) is 0. The van der Waals surface area contributed by atoms with Gasteiger partial charge in [-0.25, -0.2) is 8.42 Å². The molecule has 0 amide bonds. The number of ether oxygens (including phenoxy) is 2. The molecule has 0 fully saturated rings. The smallest absolute Gasteiger partial charge is 0.202 e. The third kappa shape index (κ3) is 6.09. The molecule has 0 aromatic heterocycles. The van der Waals surface area contributed by atoms with Crippen LogP contribution in [0.2, 0.25) is 0 Å². The highest BCUT2D eigenvalue weighted by Crippen LogP contribution is 2.24. The fourth-order valence-electron chi connectivity index (χ4n) is 2.53. The summed E-state index contributed by atoms with van der Waals surface area (Å²) in [6, 6.07) is 16.6. The molecule has 0 spiro atoms. The van der Waals surface area contributed by atoms with Crippen LogP contribution in [0.4, 0.5) is 0 Å². The van der Waals surface area contributed by atoms with Crippen molar-refractivity contribution in [2.45, 2.75) is 31.1 Å². The first-order chi connectivity index (χ1) is 12.5. The Morgan fingerprint density at radius 2 is 1.73 bits per heavy atom. The minimum atomic E-state index is -3.52. The predicted octanol–water partition coefficient (Wildman–Crippen LogP) is 4.30. The van der Waals surface area contributed by atoms with E-state index in [-0.39, 0.29) is 6.79 Å². The zero-order valence-electron chi connectivity index (χ0n) is 15.4. The SMILES string of the molecule is COCOCCC/C=C(\Cc1ccccc1)S(=O)(=O)c1ccc(C)cc1. The molecule has 0 saturated heterocycles. The number of allylic oxidation sites excluding steroid dienone is 2. The third-order valence-electron chi connectivity index (χ3n) is 3.96. The number of unbranched alkanes of at least 4 members (excludes halogenated alkanes) is 1. The number of hydrogen-bond donors (Lipinski definition) is 0. The van der Waals surface area contributed by atoms with Gasteiger partial charge in [0, 0.05) is 25.0 Å². The average Bonchev–Trinajstić information content (AvgIpc) is 2.64. The molecule has 4 nitrogen and oxygen atoms in total. The summed E-state index contributed by atoms with van der Waals surface area (Å²) in [4.78, 5) is 0.764. The number of hydrogen-bond acceptors (Lipinski definition) is 4. The van der Waals surface area contributed by atoms with Gasteiger partial charge in [0.2, 0.25) is 9.84 Å². The molecule has 0 unspecified atom stereocenters. The summed E-state index contributed by atoms with van der Waals surface area (Å²) in [6.45, 7) is 2.73. The summed E-state index contributed by atoms with van der Waals surface area (Å²) in [5, 5.41) is 0. The molecule has 0 aliphatic rings. The van der Waals surface area contributed by atoms with Gasteiger partial charge in [-0.2, -0.15) is 0 Å². The minimum absolute atomic E-state index is 0.252. The Morgan fingerprint density at radius 3 is 2.38 bits per heavy atom. The maximum Gasteiger partial charge on any atom is 0.202 e.